The van der Waals surface area contributed by atoms with E-state index in [0.29, 0.717) is 6.61 Å². The van der Waals surface area contributed by atoms with Crippen LogP contribution < -0.4 is 5.73 Å². The molecule has 0 bridgehead atoms. The fraction of sp³-hybridized carbons (Fsp3) is 0.500. The predicted octanol–water partition coefficient (Wildman–Crippen LogP) is 3.53. The number of hydrogen-bond donors (Lipinski definition) is 1. The summed E-state index contributed by atoms with van der Waals surface area (Å²) in [6.07, 6.45) is 3.17. The number of unbranched alkanes of at least 4 members (excludes halogenated alkanes) is 1. The van der Waals surface area contributed by atoms with Crippen LogP contribution in [-0.2, 0) is 17.8 Å². The van der Waals surface area contributed by atoms with E-state index in [1.165, 1.54) is 5.56 Å². The Morgan fingerprint density at radius 1 is 1.38 bits per heavy atom. The van der Waals surface area contributed by atoms with E-state index in [2.05, 4.69) is 22.0 Å². The molecule has 0 saturated heterocycles. The van der Waals surface area contributed by atoms with Crippen molar-refractivity contribution in [1.82, 2.24) is 0 Å². The number of rotatable bonds is 6. The third-order valence-electron chi connectivity index (χ3n) is 2.41. The maximum Gasteiger partial charge on any atom is 0.0738 e. The summed E-state index contributed by atoms with van der Waals surface area (Å²) in [5.74, 6) is 0. The van der Waals surface area contributed by atoms with Crippen molar-refractivity contribution >= 4 is 27.5 Å². The van der Waals surface area contributed by atoms with Crippen molar-refractivity contribution in [2.24, 2.45) is 5.73 Å². The molecule has 1 aromatic rings. The fourth-order valence-electron chi connectivity index (χ4n) is 1.56. The average Bonchev–Trinajstić information content (AvgIpc) is 2.24. The largest absolute Gasteiger partial charge is 0.380 e. The van der Waals surface area contributed by atoms with E-state index in [-0.39, 0.29) is 0 Å². The summed E-state index contributed by atoms with van der Waals surface area (Å²) in [5, 5.41) is 0.763. The van der Waals surface area contributed by atoms with Crippen molar-refractivity contribution in [2.45, 2.75) is 25.9 Å². The molecule has 0 aromatic heterocycles. The summed E-state index contributed by atoms with van der Waals surface area (Å²) in [7, 11) is 1.66. The molecule has 0 spiro atoms. The number of aryl methyl sites for hydroxylation is 1. The summed E-state index contributed by atoms with van der Waals surface area (Å²) < 4.78 is 6.12. The van der Waals surface area contributed by atoms with Gasteiger partial charge in [-0.2, -0.15) is 0 Å². The molecule has 16 heavy (non-hydrogen) atoms. The van der Waals surface area contributed by atoms with Crippen LogP contribution in [-0.4, -0.2) is 13.7 Å². The van der Waals surface area contributed by atoms with Gasteiger partial charge in [0, 0.05) is 22.2 Å². The van der Waals surface area contributed by atoms with Gasteiger partial charge in [0.2, 0.25) is 0 Å². The second-order valence-corrected chi connectivity index (χ2v) is 4.98. The summed E-state index contributed by atoms with van der Waals surface area (Å²) in [6.45, 7) is 1.28. The lowest BCUT2D eigenvalue weighted by atomic mass is 10.1. The standard InChI is InChI=1S/C12H17BrClNO/c1-16-8-10-11(13)6-9(7-12(10)14)4-2-3-5-15/h6-7H,2-5,8,15H2,1H3. The summed E-state index contributed by atoms with van der Waals surface area (Å²) in [6, 6.07) is 4.12. The maximum atomic E-state index is 6.19. The van der Waals surface area contributed by atoms with Gasteiger partial charge in [-0.3, -0.25) is 0 Å². The van der Waals surface area contributed by atoms with Gasteiger partial charge >= 0.3 is 0 Å². The Balaban J connectivity index is 2.75. The lowest BCUT2D eigenvalue weighted by Gasteiger charge is -2.09. The number of halogens is 2. The molecule has 0 heterocycles. The highest BCUT2D eigenvalue weighted by molar-refractivity contribution is 9.10. The third kappa shape index (κ3) is 4.06. The summed E-state index contributed by atoms with van der Waals surface area (Å²) in [5.41, 5.74) is 7.71. The average molecular weight is 307 g/mol. The lowest BCUT2D eigenvalue weighted by Crippen LogP contribution is -1.99. The van der Waals surface area contributed by atoms with Crippen LogP contribution in [0.1, 0.15) is 24.0 Å². The SMILES string of the molecule is COCc1c(Cl)cc(CCCCN)cc1Br. The van der Waals surface area contributed by atoms with Crippen LogP contribution in [0.3, 0.4) is 0 Å². The first-order chi connectivity index (χ1) is 7.69. The van der Waals surface area contributed by atoms with Gasteiger partial charge in [-0.1, -0.05) is 27.5 Å². The van der Waals surface area contributed by atoms with E-state index in [1.807, 2.05) is 6.07 Å². The molecular weight excluding hydrogens is 289 g/mol. The normalized spacial score (nSPS) is 10.8. The first-order valence-electron chi connectivity index (χ1n) is 5.34. The van der Waals surface area contributed by atoms with Gasteiger partial charge < -0.3 is 10.5 Å². The van der Waals surface area contributed by atoms with Crippen molar-refractivity contribution in [3.63, 3.8) is 0 Å². The molecule has 0 radical (unpaired) electrons. The van der Waals surface area contributed by atoms with Gasteiger partial charge in [0.15, 0.2) is 0 Å². The van der Waals surface area contributed by atoms with Gasteiger partial charge in [-0.25, -0.2) is 0 Å². The van der Waals surface area contributed by atoms with Crippen LogP contribution in [0.4, 0.5) is 0 Å². The predicted molar refractivity (Wildman–Crippen MR) is 71.9 cm³/mol. The second-order valence-electron chi connectivity index (χ2n) is 3.72. The molecule has 0 fully saturated rings. The zero-order valence-electron chi connectivity index (χ0n) is 9.43. The molecule has 0 aliphatic heterocycles. The number of methoxy groups -OCH3 is 1. The van der Waals surface area contributed by atoms with Gasteiger partial charge in [-0.15, -0.1) is 0 Å². The van der Waals surface area contributed by atoms with Gasteiger partial charge in [0.05, 0.1) is 6.61 Å². The Kier molecular flexibility index (Phi) is 6.36. The quantitative estimate of drug-likeness (QED) is 0.816. The Bertz CT molecular complexity index is 321. The van der Waals surface area contributed by atoms with Crippen LogP contribution in [0, 0.1) is 0 Å². The van der Waals surface area contributed by atoms with Crippen molar-refractivity contribution in [2.75, 3.05) is 13.7 Å². The van der Waals surface area contributed by atoms with Gasteiger partial charge in [0.25, 0.3) is 0 Å². The molecule has 1 aromatic carbocycles. The van der Waals surface area contributed by atoms with E-state index >= 15 is 0 Å². The zero-order valence-corrected chi connectivity index (χ0v) is 11.8. The van der Waals surface area contributed by atoms with E-state index in [1.54, 1.807) is 7.11 Å². The Labute approximate surface area is 110 Å². The Hall–Kier alpha value is -0.0900. The van der Waals surface area contributed by atoms with Crippen LogP contribution in [0.2, 0.25) is 5.02 Å². The molecule has 0 amide bonds. The minimum Gasteiger partial charge on any atom is -0.380 e. The van der Waals surface area contributed by atoms with Gasteiger partial charge in [0.1, 0.15) is 0 Å². The molecule has 0 aliphatic carbocycles. The molecule has 0 saturated carbocycles. The monoisotopic (exact) mass is 305 g/mol. The summed E-state index contributed by atoms with van der Waals surface area (Å²) in [4.78, 5) is 0. The Morgan fingerprint density at radius 2 is 2.12 bits per heavy atom. The smallest absolute Gasteiger partial charge is 0.0738 e. The van der Waals surface area contributed by atoms with Crippen molar-refractivity contribution in [1.29, 1.82) is 0 Å². The first-order valence-corrected chi connectivity index (χ1v) is 6.52. The zero-order chi connectivity index (χ0) is 12.0. The highest BCUT2D eigenvalue weighted by atomic mass is 79.9. The number of ether oxygens (including phenoxy) is 1. The van der Waals surface area contributed by atoms with Crippen LogP contribution in [0.5, 0.6) is 0 Å². The van der Waals surface area contributed by atoms with Crippen LogP contribution >= 0.6 is 27.5 Å². The maximum absolute atomic E-state index is 6.19. The third-order valence-corrected chi connectivity index (χ3v) is 3.45. The topological polar surface area (TPSA) is 35.2 Å². The lowest BCUT2D eigenvalue weighted by molar-refractivity contribution is 0.184. The molecule has 0 aliphatic rings. The molecule has 0 unspecified atom stereocenters. The minimum atomic E-state index is 0.530. The van der Waals surface area contributed by atoms with E-state index in [0.717, 1.165) is 40.9 Å². The number of hydrogen-bond acceptors (Lipinski definition) is 2. The highest BCUT2D eigenvalue weighted by Gasteiger charge is 2.07. The van der Waals surface area contributed by atoms with Gasteiger partial charge in [-0.05, 0) is 43.5 Å². The fourth-order valence-corrected chi connectivity index (χ4v) is 2.59. The molecule has 90 valence electrons. The first kappa shape index (κ1) is 14.0. The van der Waals surface area contributed by atoms with Crippen LogP contribution in [0.15, 0.2) is 16.6 Å². The van der Waals surface area contributed by atoms with E-state index in [4.69, 9.17) is 22.1 Å². The summed E-state index contributed by atoms with van der Waals surface area (Å²) >= 11 is 9.71. The van der Waals surface area contributed by atoms with Crippen molar-refractivity contribution in [3.05, 3.63) is 32.8 Å². The molecule has 2 N–H and O–H groups in total. The Morgan fingerprint density at radius 3 is 2.69 bits per heavy atom. The van der Waals surface area contributed by atoms with E-state index in [9.17, 15) is 0 Å². The molecule has 0 atom stereocenters. The second kappa shape index (κ2) is 7.28. The number of nitrogens with two attached hydrogens (primary N) is 1. The number of benzene rings is 1. The van der Waals surface area contributed by atoms with Crippen molar-refractivity contribution in [3.8, 4) is 0 Å². The molecular formula is C12H17BrClNO. The molecule has 4 heteroatoms. The molecule has 2 nitrogen and oxygen atoms in total. The van der Waals surface area contributed by atoms with E-state index < -0.39 is 0 Å². The minimum absolute atomic E-state index is 0.530. The van der Waals surface area contributed by atoms with Crippen molar-refractivity contribution < 1.29 is 4.74 Å². The molecule has 1 rings (SSSR count). The van der Waals surface area contributed by atoms with Crippen LogP contribution in [0.25, 0.3) is 0 Å². The highest BCUT2D eigenvalue weighted by Crippen LogP contribution is 2.28.